The molecule has 0 fully saturated rings. The second kappa shape index (κ2) is 4.45. The number of aliphatic imine (C=N–C) groups is 1. The van der Waals surface area contributed by atoms with Crippen molar-refractivity contribution in [3.63, 3.8) is 0 Å². The Kier molecular flexibility index (Phi) is 2.99. The summed E-state index contributed by atoms with van der Waals surface area (Å²) in [5, 5.41) is 0. The molecule has 1 heterocycles. The number of carbonyl (C=O) groups is 1. The van der Waals surface area contributed by atoms with E-state index in [1.54, 1.807) is 0 Å². The van der Waals surface area contributed by atoms with Crippen LogP contribution in [0.2, 0.25) is 0 Å². The van der Waals surface area contributed by atoms with Gasteiger partial charge < -0.3 is 15.2 Å². The van der Waals surface area contributed by atoms with Crippen LogP contribution in [-0.2, 0) is 9.47 Å². The fraction of sp³-hybridized carbons (Fsp3) is 0.333. The van der Waals surface area contributed by atoms with Gasteiger partial charge in [-0.25, -0.2) is 9.79 Å². The van der Waals surface area contributed by atoms with Gasteiger partial charge in [0, 0.05) is 5.56 Å². The minimum atomic E-state index is -0.797. The molecule has 0 aromatic heterocycles. The molecule has 0 radical (unpaired) electrons. The maximum atomic E-state index is 10.6. The highest BCUT2D eigenvalue weighted by molar-refractivity contribution is 5.95. The molecule has 17 heavy (non-hydrogen) atoms. The van der Waals surface area contributed by atoms with E-state index in [1.807, 2.05) is 37.3 Å². The summed E-state index contributed by atoms with van der Waals surface area (Å²) >= 11 is 0. The van der Waals surface area contributed by atoms with E-state index in [-0.39, 0.29) is 6.61 Å². The Bertz CT molecular complexity index is 444. The lowest BCUT2D eigenvalue weighted by atomic mass is 10.1. The molecule has 0 spiro atoms. The van der Waals surface area contributed by atoms with E-state index in [4.69, 9.17) is 15.2 Å². The van der Waals surface area contributed by atoms with Crippen molar-refractivity contribution in [1.82, 2.24) is 0 Å². The zero-order chi connectivity index (χ0) is 12.3. The molecule has 1 aliphatic rings. The van der Waals surface area contributed by atoms with Crippen molar-refractivity contribution in [2.75, 3.05) is 13.2 Å². The monoisotopic (exact) mass is 234 g/mol. The number of ether oxygens (including phenoxy) is 2. The Balaban J connectivity index is 2.10. The Hall–Kier alpha value is -2.04. The average molecular weight is 234 g/mol. The molecular weight excluding hydrogens is 220 g/mol. The smallest absolute Gasteiger partial charge is 0.404 e. The van der Waals surface area contributed by atoms with Gasteiger partial charge in [0.25, 0.3) is 0 Å². The van der Waals surface area contributed by atoms with Crippen molar-refractivity contribution in [2.24, 2.45) is 10.7 Å². The van der Waals surface area contributed by atoms with Crippen molar-refractivity contribution >= 4 is 12.0 Å². The molecule has 1 aromatic rings. The molecule has 1 aliphatic heterocycles. The zero-order valence-electron chi connectivity index (χ0n) is 9.55. The molecule has 1 atom stereocenters. The van der Waals surface area contributed by atoms with Crippen molar-refractivity contribution in [1.29, 1.82) is 0 Å². The first-order valence-corrected chi connectivity index (χ1v) is 5.29. The van der Waals surface area contributed by atoms with Gasteiger partial charge in [0.2, 0.25) is 5.90 Å². The number of amides is 1. The van der Waals surface area contributed by atoms with Crippen molar-refractivity contribution < 1.29 is 14.3 Å². The standard InChI is InChI=1S/C12H14N2O3/c1-12(8-17-11(13)15)7-16-10(14-12)9-5-3-2-4-6-9/h2-6H,7-8H2,1H3,(H2,13,15). The van der Waals surface area contributed by atoms with E-state index >= 15 is 0 Å². The summed E-state index contributed by atoms with van der Waals surface area (Å²) in [4.78, 5) is 15.0. The summed E-state index contributed by atoms with van der Waals surface area (Å²) in [6.07, 6.45) is -0.797. The molecule has 0 aliphatic carbocycles. The van der Waals surface area contributed by atoms with Crippen LogP contribution in [0.15, 0.2) is 35.3 Å². The van der Waals surface area contributed by atoms with E-state index in [2.05, 4.69) is 4.99 Å². The molecule has 90 valence electrons. The van der Waals surface area contributed by atoms with E-state index in [1.165, 1.54) is 0 Å². The third-order valence-electron chi connectivity index (χ3n) is 2.44. The number of carbonyl (C=O) groups excluding carboxylic acids is 1. The van der Waals surface area contributed by atoms with E-state index in [9.17, 15) is 4.79 Å². The largest absolute Gasteiger partial charge is 0.475 e. The second-order valence-electron chi connectivity index (χ2n) is 4.18. The van der Waals surface area contributed by atoms with Gasteiger partial charge >= 0.3 is 6.09 Å². The third-order valence-corrected chi connectivity index (χ3v) is 2.44. The van der Waals surface area contributed by atoms with Gasteiger partial charge in [-0.15, -0.1) is 0 Å². The molecule has 0 saturated heterocycles. The lowest BCUT2D eigenvalue weighted by Gasteiger charge is -2.16. The third kappa shape index (κ3) is 2.75. The number of nitrogens with two attached hydrogens (primary N) is 1. The molecule has 2 N–H and O–H groups in total. The van der Waals surface area contributed by atoms with Gasteiger partial charge in [-0.05, 0) is 19.1 Å². The fourth-order valence-electron chi connectivity index (χ4n) is 1.56. The lowest BCUT2D eigenvalue weighted by Crippen LogP contribution is -2.33. The van der Waals surface area contributed by atoms with E-state index in [0.29, 0.717) is 12.5 Å². The number of hydrogen-bond donors (Lipinski definition) is 1. The molecule has 1 amide bonds. The van der Waals surface area contributed by atoms with Crippen molar-refractivity contribution in [3.8, 4) is 0 Å². The van der Waals surface area contributed by atoms with Crippen LogP contribution in [0.4, 0.5) is 4.79 Å². The Labute approximate surface area is 99.2 Å². The molecule has 1 unspecified atom stereocenters. The van der Waals surface area contributed by atoms with Crippen molar-refractivity contribution in [2.45, 2.75) is 12.5 Å². The Morgan fingerprint density at radius 3 is 2.88 bits per heavy atom. The fourth-order valence-corrected chi connectivity index (χ4v) is 1.56. The molecule has 0 bridgehead atoms. The van der Waals surface area contributed by atoms with E-state index < -0.39 is 11.6 Å². The normalized spacial score (nSPS) is 22.8. The minimum absolute atomic E-state index is 0.124. The predicted molar refractivity (Wildman–Crippen MR) is 62.9 cm³/mol. The van der Waals surface area contributed by atoms with Crippen LogP contribution in [0.25, 0.3) is 0 Å². The number of hydrogen-bond acceptors (Lipinski definition) is 4. The second-order valence-corrected chi connectivity index (χ2v) is 4.18. The van der Waals surface area contributed by atoms with Crippen LogP contribution in [-0.4, -0.2) is 30.7 Å². The first-order chi connectivity index (χ1) is 8.09. The molecule has 5 heteroatoms. The lowest BCUT2D eigenvalue weighted by molar-refractivity contribution is 0.118. The highest BCUT2D eigenvalue weighted by Crippen LogP contribution is 2.21. The summed E-state index contributed by atoms with van der Waals surface area (Å²) in [5.41, 5.74) is 5.28. The highest BCUT2D eigenvalue weighted by atomic mass is 16.6. The quantitative estimate of drug-likeness (QED) is 0.857. The molecule has 1 aromatic carbocycles. The zero-order valence-corrected chi connectivity index (χ0v) is 9.55. The Morgan fingerprint density at radius 2 is 2.24 bits per heavy atom. The number of rotatable bonds is 3. The molecule has 5 nitrogen and oxygen atoms in total. The molecule has 0 saturated carbocycles. The summed E-state index contributed by atoms with van der Waals surface area (Å²) < 4.78 is 10.3. The minimum Gasteiger partial charge on any atom is -0.475 e. The molecule has 2 rings (SSSR count). The van der Waals surface area contributed by atoms with Gasteiger partial charge in [-0.2, -0.15) is 0 Å². The van der Waals surface area contributed by atoms with E-state index in [0.717, 1.165) is 5.56 Å². The number of nitrogens with zero attached hydrogens (tertiary/aromatic N) is 1. The van der Waals surface area contributed by atoms with Gasteiger partial charge in [-0.1, -0.05) is 18.2 Å². The van der Waals surface area contributed by atoms with Gasteiger partial charge in [0.05, 0.1) is 0 Å². The highest BCUT2D eigenvalue weighted by Gasteiger charge is 2.33. The van der Waals surface area contributed by atoms with Gasteiger partial charge in [-0.3, -0.25) is 0 Å². The molecular formula is C12H14N2O3. The van der Waals surface area contributed by atoms with Crippen molar-refractivity contribution in [3.05, 3.63) is 35.9 Å². The van der Waals surface area contributed by atoms with Crippen LogP contribution in [0.5, 0.6) is 0 Å². The van der Waals surface area contributed by atoms with Crippen LogP contribution in [0.3, 0.4) is 0 Å². The maximum absolute atomic E-state index is 10.6. The predicted octanol–water partition coefficient (Wildman–Crippen LogP) is 1.32. The summed E-state index contributed by atoms with van der Waals surface area (Å²) in [7, 11) is 0. The topological polar surface area (TPSA) is 73.9 Å². The van der Waals surface area contributed by atoms with Crippen LogP contribution < -0.4 is 5.73 Å². The SMILES string of the molecule is CC1(COC(N)=O)COC(c2ccccc2)=N1. The van der Waals surface area contributed by atoms with Crippen LogP contribution >= 0.6 is 0 Å². The summed E-state index contributed by atoms with van der Waals surface area (Å²) in [5.74, 6) is 0.571. The van der Waals surface area contributed by atoms with Gasteiger partial charge in [0.15, 0.2) is 0 Å². The average Bonchev–Trinajstić information content (AvgIpc) is 2.72. The maximum Gasteiger partial charge on any atom is 0.404 e. The van der Waals surface area contributed by atoms with Crippen LogP contribution in [0.1, 0.15) is 12.5 Å². The van der Waals surface area contributed by atoms with Gasteiger partial charge in [0.1, 0.15) is 18.8 Å². The van der Waals surface area contributed by atoms with Crippen LogP contribution in [0, 0.1) is 0 Å². The number of benzene rings is 1. The number of primary amides is 1. The first-order valence-electron chi connectivity index (χ1n) is 5.29. The summed E-state index contributed by atoms with van der Waals surface area (Å²) in [6, 6.07) is 9.58. The summed E-state index contributed by atoms with van der Waals surface area (Å²) in [6.45, 7) is 2.36. The first kappa shape index (κ1) is 11.4. The Morgan fingerprint density at radius 1 is 1.53 bits per heavy atom.